The summed E-state index contributed by atoms with van der Waals surface area (Å²) in [5, 5.41) is 5.92. The number of nitrogen functional groups attached to an aromatic ring is 1. The Morgan fingerprint density at radius 1 is 1.10 bits per heavy atom. The van der Waals surface area contributed by atoms with Crippen molar-refractivity contribution in [2.45, 2.75) is 13.8 Å². The summed E-state index contributed by atoms with van der Waals surface area (Å²) >= 11 is 5.95. The Bertz CT molecular complexity index is 638. The third kappa shape index (κ3) is 3.42. The third-order valence-electron chi connectivity index (χ3n) is 2.90. The highest BCUT2D eigenvalue weighted by Crippen LogP contribution is 2.26. The van der Waals surface area contributed by atoms with Crippen LogP contribution in [0.2, 0.25) is 5.02 Å². The van der Waals surface area contributed by atoms with Crippen LogP contribution in [0.4, 0.5) is 21.9 Å². The average Bonchev–Trinajstić information content (AvgIpc) is 2.39. The highest BCUT2D eigenvalue weighted by molar-refractivity contribution is 6.33. The molecule has 0 aromatic heterocycles. The molecule has 4 nitrogen and oxygen atoms in total. The largest absolute Gasteiger partial charge is 0.398 e. The fraction of sp³-hybridized carbons (Fsp3) is 0.133. The summed E-state index contributed by atoms with van der Waals surface area (Å²) in [6.07, 6.45) is 0. The topological polar surface area (TPSA) is 67.2 Å². The lowest BCUT2D eigenvalue weighted by Gasteiger charge is -2.11. The van der Waals surface area contributed by atoms with Gasteiger partial charge in [0.1, 0.15) is 0 Å². The molecule has 4 N–H and O–H groups in total. The Kier molecular flexibility index (Phi) is 4.15. The maximum atomic E-state index is 11.9. The zero-order valence-corrected chi connectivity index (χ0v) is 12.1. The number of rotatable bonds is 2. The summed E-state index contributed by atoms with van der Waals surface area (Å²) in [6.45, 7) is 3.85. The van der Waals surface area contributed by atoms with Crippen molar-refractivity contribution < 1.29 is 4.79 Å². The van der Waals surface area contributed by atoms with Crippen molar-refractivity contribution in [2.75, 3.05) is 16.4 Å². The second-order valence-electron chi connectivity index (χ2n) is 4.63. The lowest BCUT2D eigenvalue weighted by Crippen LogP contribution is -2.20. The number of nitrogens with two attached hydrogens (primary N) is 1. The monoisotopic (exact) mass is 289 g/mol. The first-order valence-electron chi connectivity index (χ1n) is 6.16. The van der Waals surface area contributed by atoms with Crippen LogP contribution >= 0.6 is 11.6 Å². The minimum Gasteiger partial charge on any atom is -0.398 e. The fourth-order valence-electron chi connectivity index (χ4n) is 1.76. The van der Waals surface area contributed by atoms with Crippen molar-refractivity contribution in [3.05, 3.63) is 52.5 Å². The zero-order chi connectivity index (χ0) is 14.7. The summed E-state index contributed by atoms with van der Waals surface area (Å²) in [4.78, 5) is 11.9. The SMILES string of the molecule is Cc1ccc(NC(=O)Nc2cc(Cl)c(N)cc2C)cc1. The third-order valence-corrected chi connectivity index (χ3v) is 3.23. The van der Waals surface area contributed by atoms with Gasteiger partial charge in [-0.15, -0.1) is 0 Å². The van der Waals surface area contributed by atoms with Crippen LogP contribution in [0, 0.1) is 13.8 Å². The summed E-state index contributed by atoms with van der Waals surface area (Å²) in [5.41, 5.74) is 9.54. The van der Waals surface area contributed by atoms with Gasteiger partial charge in [-0.2, -0.15) is 0 Å². The van der Waals surface area contributed by atoms with Crippen molar-refractivity contribution in [3.8, 4) is 0 Å². The first-order chi connectivity index (χ1) is 9.45. The molecule has 0 aliphatic rings. The number of urea groups is 1. The molecule has 0 heterocycles. The second kappa shape index (κ2) is 5.84. The molecule has 0 radical (unpaired) electrons. The van der Waals surface area contributed by atoms with E-state index in [0.29, 0.717) is 16.4 Å². The van der Waals surface area contributed by atoms with Crippen molar-refractivity contribution in [3.63, 3.8) is 0 Å². The van der Waals surface area contributed by atoms with E-state index in [2.05, 4.69) is 10.6 Å². The van der Waals surface area contributed by atoms with E-state index in [4.69, 9.17) is 17.3 Å². The average molecular weight is 290 g/mol. The molecule has 0 unspecified atom stereocenters. The predicted molar refractivity (Wildman–Crippen MR) is 84.4 cm³/mol. The normalized spacial score (nSPS) is 10.2. The van der Waals surface area contributed by atoms with E-state index >= 15 is 0 Å². The van der Waals surface area contributed by atoms with Crippen LogP contribution in [0.15, 0.2) is 36.4 Å². The van der Waals surface area contributed by atoms with Crippen LogP contribution in [0.3, 0.4) is 0 Å². The number of amides is 2. The number of nitrogens with one attached hydrogen (secondary N) is 2. The van der Waals surface area contributed by atoms with Gasteiger partial charge in [-0.05, 0) is 43.7 Å². The Labute approximate surface area is 122 Å². The maximum Gasteiger partial charge on any atom is 0.323 e. The number of hydrogen-bond acceptors (Lipinski definition) is 2. The zero-order valence-electron chi connectivity index (χ0n) is 11.3. The molecule has 0 bridgehead atoms. The molecule has 0 spiro atoms. The highest BCUT2D eigenvalue weighted by Gasteiger charge is 2.07. The van der Waals surface area contributed by atoms with Gasteiger partial charge < -0.3 is 16.4 Å². The van der Waals surface area contributed by atoms with Gasteiger partial charge in [-0.25, -0.2) is 4.79 Å². The Balaban J connectivity index is 2.08. The number of benzene rings is 2. The van der Waals surface area contributed by atoms with E-state index in [1.165, 1.54) is 0 Å². The number of carbonyl (C=O) groups is 1. The summed E-state index contributed by atoms with van der Waals surface area (Å²) < 4.78 is 0. The number of carbonyl (C=O) groups excluding carboxylic acids is 1. The van der Waals surface area contributed by atoms with E-state index in [1.807, 2.05) is 38.1 Å². The number of hydrogen-bond donors (Lipinski definition) is 3. The highest BCUT2D eigenvalue weighted by atomic mass is 35.5. The molecular weight excluding hydrogens is 274 g/mol. The van der Waals surface area contributed by atoms with Crippen LogP contribution in [0.5, 0.6) is 0 Å². The van der Waals surface area contributed by atoms with E-state index in [-0.39, 0.29) is 6.03 Å². The van der Waals surface area contributed by atoms with Crippen molar-refractivity contribution in [2.24, 2.45) is 0 Å². The molecule has 0 atom stereocenters. The number of halogens is 1. The molecule has 5 heteroatoms. The first kappa shape index (κ1) is 14.2. The van der Waals surface area contributed by atoms with Crippen LogP contribution < -0.4 is 16.4 Å². The van der Waals surface area contributed by atoms with E-state index in [1.54, 1.807) is 12.1 Å². The van der Waals surface area contributed by atoms with Crippen LogP contribution in [0.25, 0.3) is 0 Å². The van der Waals surface area contributed by atoms with E-state index in [9.17, 15) is 4.79 Å². The van der Waals surface area contributed by atoms with Crippen molar-refractivity contribution in [1.82, 2.24) is 0 Å². The molecule has 0 saturated carbocycles. The number of aryl methyl sites for hydroxylation is 2. The van der Waals surface area contributed by atoms with Gasteiger partial charge in [0.05, 0.1) is 10.7 Å². The lowest BCUT2D eigenvalue weighted by molar-refractivity contribution is 0.262. The fourth-order valence-corrected chi connectivity index (χ4v) is 1.92. The molecule has 0 fully saturated rings. The van der Waals surface area contributed by atoms with Crippen LogP contribution in [0.1, 0.15) is 11.1 Å². The Morgan fingerprint density at radius 2 is 1.75 bits per heavy atom. The summed E-state index contributed by atoms with van der Waals surface area (Å²) in [5.74, 6) is 0. The minimum atomic E-state index is -0.321. The van der Waals surface area contributed by atoms with Gasteiger partial charge in [0, 0.05) is 11.4 Å². The Morgan fingerprint density at radius 3 is 2.40 bits per heavy atom. The van der Waals surface area contributed by atoms with Gasteiger partial charge in [0.15, 0.2) is 0 Å². The molecule has 0 saturated heterocycles. The Hall–Kier alpha value is -2.20. The smallest absolute Gasteiger partial charge is 0.323 e. The molecule has 2 aromatic carbocycles. The molecule has 20 heavy (non-hydrogen) atoms. The summed E-state index contributed by atoms with van der Waals surface area (Å²) in [7, 11) is 0. The first-order valence-corrected chi connectivity index (χ1v) is 6.54. The van der Waals surface area contributed by atoms with Gasteiger partial charge in [0.25, 0.3) is 0 Å². The lowest BCUT2D eigenvalue weighted by atomic mass is 10.2. The number of anilines is 3. The molecule has 2 rings (SSSR count). The standard InChI is InChI=1S/C15H16ClN3O/c1-9-3-5-11(6-4-9)18-15(20)19-14-8-12(16)13(17)7-10(14)2/h3-8H,17H2,1-2H3,(H2,18,19,20). The molecule has 2 aromatic rings. The molecular formula is C15H16ClN3O. The predicted octanol–water partition coefficient (Wildman–Crippen LogP) is 4.18. The molecule has 104 valence electrons. The molecule has 2 amide bonds. The molecule has 0 aliphatic heterocycles. The van der Waals surface area contributed by atoms with Crippen molar-refractivity contribution >= 4 is 34.7 Å². The second-order valence-corrected chi connectivity index (χ2v) is 5.04. The van der Waals surface area contributed by atoms with Gasteiger partial charge in [-0.3, -0.25) is 0 Å². The van der Waals surface area contributed by atoms with Gasteiger partial charge in [0.2, 0.25) is 0 Å². The maximum absolute atomic E-state index is 11.9. The summed E-state index contributed by atoms with van der Waals surface area (Å²) in [6, 6.07) is 10.6. The van der Waals surface area contributed by atoms with Crippen LogP contribution in [-0.4, -0.2) is 6.03 Å². The van der Waals surface area contributed by atoms with Crippen molar-refractivity contribution in [1.29, 1.82) is 0 Å². The quantitative estimate of drug-likeness (QED) is 0.726. The van der Waals surface area contributed by atoms with E-state index < -0.39 is 0 Å². The van der Waals surface area contributed by atoms with Gasteiger partial charge in [-0.1, -0.05) is 29.3 Å². The van der Waals surface area contributed by atoms with E-state index in [0.717, 1.165) is 16.8 Å². The van der Waals surface area contributed by atoms with Crippen LogP contribution in [-0.2, 0) is 0 Å². The minimum absolute atomic E-state index is 0.321. The van der Waals surface area contributed by atoms with Gasteiger partial charge >= 0.3 is 6.03 Å². The molecule has 0 aliphatic carbocycles.